The normalized spacial score (nSPS) is 20.2. The summed E-state index contributed by atoms with van der Waals surface area (Å²) >= 11 is 0. The van der Waals surface area contributed by atoms with Gasteiger partial charge in [-0.3, -0.25) is 0 Å². The lowest BCUT2D eigenvalue weighted by atomic mass is 9.84. The summed E-state index contributed by atoms with van der Waals surface area (Å²) in [5, 5.41) is 0. The van der Waals surface area contributed by atoms with Gasteiger partial charge in [0, 0.05) is 12.0 Å². The molecule has 1 aliphatic heterocycles. The van der Waals surface area contributed by atoms with E-state index in [0.29, 0.717) is 36.8 Å². The van der Waals surface area contributed by atoms with Crippen LogP contribution < -0.4 is 15.2 Å². The lowest BCUT2D eigenvalue weighted by molar-refractivity contribution is 0.168. The van der Waals surface area contributed by atoms with E-state index in [-0.39, 0.29) is 5.41 Å². The van der Waals surface area contributed by atoms with Crippen LogP contribution in [0.1, 0.15) is 37.8 Å². The topological polar surface area (TPSA) is 44.5 Å². The van der Waals surface area contributed by atoms with Gasteiger partial charge in [-0.25, -0.2) is 4.39 Å². The van der Waals surface area contributed by atoms with E-state index in [1.165, 1.54) is 0 Å². The van der Waals surface area contributed by atoms with Gasteiger partial charge >= 0.3 is 0 Å². The Labute approximate surface area is 112 Å². The highest BCUT2D eigenvalue weighted by molar-refractivity contribution is 5.54. The summed E-state index contributed by atoms with van der Waals surface area (Å²) in [4.78, 5) is 0. The molecule has 0 bridgehead atoms. The lowest BCUT2D eigenvalue weighted by Gasteiger charge is -2.28. The predicted molar refractivity (Wildman–Crippen MR) is 71.5 cm³/mol. The van der Waals surface area contributed by atoms with Crippen molar-refractivity contribution >= 4 is 0 Å². The molecule has 2 N–H and O–H groups in total. The SMILES string of the molecule is CC(C)(F)c1cc2c(cc1C1(CN)CC1)OCCO2. The number of halogens is 1. The number of rotatable bonds is 3. The van der Waals surface area contributed by atoms with E-state index < -0.39 is 5.67 Å². The fraction of sp³-hybridized carbons (Fsp3) is 0.600. The van der Waals surface area contributed by atoms with Crippen LogP contribution in [-0.4, -0.2) is 19.8 Å². The molecule has 19 heavy (non-hydrogen) atoms. The van der Waals surface area contributed by atoms with Crippen molar-refractivity contribution in [3.63, 3.8) is 0 Å². The summed E-state index contributed by atoms with van der Waals surface area (Å²) in [6.45, 7) is 4.76. The minimum absolute atomic E-state index is 0.0610. The fourth-order valence-electron chi connectivity index (χ4n) is 2.75. The molecule has 104 valence electrons. The van der Waals surface area contributed by atoms with Crippen LogP contribution in [-0.2, 0) is 11.1 Å². The molecule has 1 aromatic rings. The molecule has 0 unspecified atom stereocenters. The van der Waals surface area contributed by atoms with Crippen molar-refractivity contribution in [2.75, 3.05) is 19.8 Å². The molecule has 1 aliphatic carbocycles. The third kappa shape index (κ3) is 2.08. The standard InChI is InChI=1S/C15H20FNO2/c1-14(2,16)10-7-12-13(19-6-5-18-12)8-11(10)15(9-17)3-4-15/h7-8H,3-6,9,17H2,1-2H3. The molecule has 0 atom stereocenters. The van der Waals surface area contributed by atoms with Crippen LogP contribution >= 0.6 is 0 Å². The molecule has 1 fully saturated rings. The Morgan fingerprint density at radius 2 is 1.79 bits per heavy atom. The second-order valence-electron chi connectivity index (χ2n) is 6.00. The summed E-state index contributed by atoms with van der Waals surface area (Å²) in [7, 11) is 0. The number of benzene rings is 1. The summed E-state index contributed by atoms with van der Waals surface area (Å²) in [6, 6.07) is 3.73. The van der Waals surface area contributed by atoms with Crippen LogP contribution in [0.4, 0.5) is 4.39 Å². The van der Waals surface area contributed by atoms with Crippen LogP contribution in [0.15, 0.2) is 12.1 Å². The molecule has 3 rings (SSSR count). The minimum Gasteiger partial charge on any atom is -0.486 e. The first-order chi connectivity index (χ1) is 8.96. The number of nitrogens with two attached hydrogens (primary N) is 1. The van der Waals surface area contributed by atoms with Gasteiger partial charge < -0.3 is 15.2 Å². The Hall–Kier alpha value is -1.29. The molecule has 2 aliphatic rings. The van der Waals surface area contributed by atoms with Crippen LogP contribution in [0.25, 0.3) is 0 Å². The smallest absolute Gasteiger partial charge is 0.161 e. The Kier molecular flexibility index (Phi) is 2.75. The monoisotopic (exact) mass is 265 g/mol. The molecule has 4 heteroatoms. The second-order valence-corrected chi connectivity index (χ2v) is 6.00. The number of ether oxygens (including phenoxy) is 2. The van der Waals surface area contributed by atoms with Gasteiger partial charge in [-0.2, -0.15) is 0 Å². The summed E-state index contributed by atoms with van der Waals surface area (Å²) < 4.78 is 25.7. The first-order valence-corrected chi connectivity index (χ1v) is 6.80. The Bertz CT molecular complexity index is 504. The Balaban J connectivity index is 2.15. The van der Waals surface area contributed by atoms with Crippen molar-refractivity contribution in [1.29, 1.82) is 0 Å². The molecule has 0 aromatic heterocycles. The highest BCUT2D eigenvalue weighted by Crippen LogP contribution is 2.53. The zero-order valence-corrected chi connectivity index (χ0v) is 11.5. The molecule has 1 heterocycles. The highest BCUT2D eigenvalue weighted by Gasteiger charge is 2.46. The first-order valence-electron chi connectivity index (χ1n) is 6.80. The van der Waals surface area contributed by atoms with Gasteiger partial charge in [0.1, 0.15) is 18.9 Å². The maximum Gasteiger partial charge on any atom is 0.161 e. The van der Waals surface area contributed by atoms with Crippen molar-refractivity contribution in [1.82, 2.24) is 0 Å². The van der Waals surface area contributed by atoms with E-state index in [0.717, 1.165) is 18.4 Å². The maximum absolute atomic E-state index is 14.5. The number of hydrogen-bond acceptors (Lipinski definition) is 3. The van der Waals surface area contributed by atoms with E-state index in [2.05, 4.69) is 0 Å². The van der Waals surface area contributed by atoms with Crippen molar-refractivity contribution in [2.45, 2.75) is 37.8 Å². The van der Waals surface area contributed by atoms with Crippen molar-refractivity contribution in [3.05, 3.63) is 23.3 Å². The molecule has 0 amide bonds. The fourth-order valence-corrected chi connectivity index (χ4v) is 2.75. The molecule has 0 saturated heterocycles. The van der Waals surface area contributed by atoms with Gasteiger partial charge in [0.05, 0.1) is 0 Å². The van der Waals surface area contributed by atoms with E-state index in [1.54, 1.807) is 19.9 Å². The average Bonchev–Trinajstić information content (AvgIpc) is 3.17. The van der Waals surface area contributed by atoms with Crippen molar-refractivity contribution in [3.8, 4) is 11.5 Å². The zero-order chi connectivity index (χ0) is 13.7. The molecular formula is C15H20FNO2. The molecule has 1 saturated carbocycles. The lowest BCUT2D eigenvalue weighted by Crippen LogP contribution is -2.26. The van der Waals surface area contributed by atoms with E-state index in [1.807, 2.05) is 6.07 Å². The van der Waals surface area contributed by atoms with Gasteiger partial charge in [-0.15, -0.1) is 0 Å². The largest absolute Gasteiger partial charge is 0.486 e. The van der Waals surface area contributed by atoms with Crippen LogP contribution in [0.2, 0.25) is 0 Å². The van der Waals surface area contributed by atoms with Crippen molar-refractivity contribution in [2.24, 2.45) is 5.73 Å². The maximum atomic E-state index is 14.5. The summed E-state index contributed by atoms with van der Waals surface area (Å²) in [5.74, 6) is 1.36. The minimum atomic E-state index is -1.41. The van der Waals surface area contributed by atoms with Crippen molar-refractivity contribution < 1.29 is 13.9 Å². The Morgan fingerprint density at radius 1 is 1.21 bits per heavy atom. The summed E-state index contributed by atoms with van der Waals surface area (Å²) in [6.07, 6.45) is 2.04. The number of fused-ring (bicyclic) bond motifs is 1. The van der Waals surface area contributed by atoms with Gasteiger partial charge in [-0.05, 0) is 49.9 Å². The average molecular weight is 265 g/mol. The van der Waals surface area contributed by atoms with E-state index >= 15 is 0 Å². The molecular weight excluding hydrogens is 245 g/mol. The van der Waals surface area contributed by atoms with Gasteiger partial charge in [0.2, 0.25) is 0 Å². The molecule has 1 aromatic carbocycles. The third-order valence-corrected chi connectivity index (χ3v) is 4.14. The predicted octanol–water partition coefficient (Wildman–Crippen LogP) is 2.65. The van der Waals surface area contributed by atoms with Gasteiger partial charge in [-0.1, -0.05) is 0 Å². The second kappa shape index (κ2) is 4.10. The highest BCUT2D eigenvalue weighted by atomic mass is 19.1. The van der Waals surface area contributed by atoms with Crippen LogP contribution in [0, 0.1) is 0 Å². The van der Waals surface area contributed by atoms with Crippen LogP contribution in [0.5, 0.6) is 11.5 Å². The molecule has 3 nitrogen and oxygen atoms in total. The van der Waals surface area contributed by atoms with E-state index in [9.17, 15) is 4.39 Å². The van der Waals surface area contributed by atoms with Gasteiger partial charge in [0.15, 0.2) is 11.5 Å². The third-order valence-electron chi connectivity index (χ3n) is 4.14. The quantitative estimate of drug-likeness (QED) is 0.913. The number of alkyl halides is 1. The van der Waals surface area contributed by atoms with Crippen LogP contribution in [0.3, 0.4) is 0 Å². The van der Waals surface area contributed by atoms with E-state index in [4.69, 9.17) is 15.2 Å². The summed E-state index contributed by atoms with van der Waals surface area (Å²) in [5.41, 5.74) is 6.10. The first kappa shape index (κ1) is 12.7. The number of hydrogen-bond donors (Lipinski definition) is 1. The van der Waals surface area contributed by atoms with Gasteiger partial charge in [0.25, 0.3) is 0 Å². The molecule has 0 spiro atoms. The zero-order valence-electron chi connectivity index (χ0n) is 11.5. The molecule has 0 radical (unpaired) electrons. The Morgan fingerprint density at radius 3 is 2.26 bits per heavy atom.